The Bertz CT molecular complexity index is 1520. The number of hydrogen-bond acceptors (Lipinski definition) is 5. The molecule has 1 amide bonds. The number of Topliss-reactive ketones (excluding diaryl/α,β-unsaturated/α-hetero) is 1. The lowest BCUT2D eigenvalue weighted by Crippen LogP contribution is -2.37. The standard InChI is InChI=1S/C34H36N2O4/c1-6-22-11-13-23(14-12-22)32-31(34(38)36-26-10-8-7-9-20(26)2)21(3)35-27-17-25(18-28(37)33(27)32)24-15-16-29(39-4)30(19-24)40-5/h7-16,19,25,32,35H,6,17-18H2,1-5H3,(H,36,38). The van der Waals surface area contributed by atoms with Crippen molar-refractivity contribution in [3.8, 4) is 11.5 Å². The highest BCUT2D eigenvalue weighted by Gasteiger charge is 2.41. The van der Waals surface area contributed by atoms with Crippen LogP contribution in [-0.4, -0.2) is 25.9 Å². The minimum Gasteiger partial charge on any atom is -0.493 e. The van der Waals surface area contributed by atoms with E-state index in [1.165, 1.54) is 5.56 Å². The second-order valence-corrected chi connectivity index (χ2v) is 10.5. The Morgan fingerprint density at radius 3 is 2.30 bits per heavy atom. The second kappa shape index (κ2) is 11.4. The van der Waals surface area contributed by atoms with Crippen LogP contribution < -0.4 is 20.1 Å². The van der Waals surface area contributed by atoms with Gasteiger partial charge < -0.3 is 20.1 Å². The summed E-state index contributed by atoms with van der Waals surface area (Å²) in [5.41, 5.74) is 7.81. The van der Waals surface area contributed by atoms with Crippen LogP contribution in [0.2, 0.25) is 0 Å². The summed E-state index contributed by atoms with van der Waals surface area (Å²) in [6.45, 7) is 6.01. The number of rotatable bonds is 7. The third-order valence-electron chi connectivity index (χ3n) is 8.07. The van der Waals surface area contributed by atoms with Crippen molar-refractivity contribution in [3.63, 3.8) is 0 Å². The number of carbonyl (C=O) groups is 2. The Labute approximate surface area is 236 Å². The van der Waals surface area contributed by atoms with Crippen molar-refractivity contribution in [1.29, 1.82) is 0 Å². The molecule has 0 saturated carbocycles. The highest BCUT2D eigenvalue weighted by Crippen LogP contribution is 2.46. The molecule has 3 aromatic rings. The summed E-state index contributed by atoms with van der Waals surface area (Å²) in [5.74, 6) is 0.672. The van der Waals surface area contributed by atoms with Crippen molar-refractivity contribution in [3.05, 3.63) is 112 Å². The fraction of sp³-hybridized carbons (Fsp3) is 0.294. The van der Waals surface area contributed by atoms with Crippen molar-refractivity contribution >= 4 is 17.4 Å². The molecule has 6 nitrogen and oxygen atoms in total. The van der Waals surface area contributed by atoms with Gasteiger partial charge in [-0.2, -0.15) is 0 Å². The molecule has 0 spiro atoms. The number of ether oxygens (including phenoxy) is 2. The molecular weight excluding hydrogens is 500 g/mol. The van der Waals surface area contributed by atoms with E-state index in [2.05, 4.69) is 41.8 Å². The molecule has 0 saturated heterocycles. The average molecular weight is 537 g/mol. The average Bonchev–Trinajstić information content (AvgIpc) is 2.97. The molecule has 1 aliphatic carbocycles. The number of methoxy groups -OCH3 is 2. The number of aryl methyl sites for hydroxylation is 2. The van der Waals surface area contributed by atoms with Crippen molar-refractivity contribution in [1.82, 2.24) is 5.32 Å². The van der Waals surface area contributed by atoms with Gasteiger partial charge in [0.15, 0.2) is 17.3 Å². The van der Waals surface area contributed by atoms with E-state index < -0.39 is 5.92 Å². The van der Waals surface area contributed by atoms with Crippen molar-refractivity contribution in [2.75, 3.05) is 19.5 Å². The van der Waals surface area contributed by atoms with Crippen LogP contribution in [0.25, 0.3) is 0 Å². The Morgan fingerprint density at radius 1 is 0.925 bits per heavy atom. The summed E-state index contributed by atoms with van der Waals surface area (Å²) in [7, 11) is 3.23. The summed E-state index contributed by atoms with van der Waals surface area (Å²) in [5, 5.41) is 6.58. The zero-order valence-corrected chi connectivity index (χ0v) is 23.8. The van der Waals surface area contributed by atoms with Crippen molar-refractivity contribution in [2.45, 2.75) is 51.9 Å². The molecule has 0 radical (unpaired) electrons. The van der Waals surface area contributed by atoms with Gasteiger partial charge in [-0.25, -0.2) is 0 Å². The van der Waals surface area contributed by atoms with E-state index in [4.69, 9.17) is 9.47 Å². The maximum Gasteiger partial charge on any atom is 0.254 e. The number of benzene rings is 3. The van der Waals surface area contributed by atoms with Crippen LogP contribution in [0.3, 0.4) is 0 Å². The molecule has 0 aromatic heterocycles. The lowest BCUT2D eigenvalue weighted by atomic mass is 9.71. The molecule has 3 aromatic carbocycles. The van der Waals surface area contributed by atoms with Gasteiger partial charge in [0.05, 0.1) is 14.2 Å². The van der Waals surface area contributed by atoms with Crippen LogP contribution in [0.15, 0.2) is 89.3 Å². The maximum atomic E-state index is 14.0. The molecule has 1 heterocycles. The van der Waals surface area contributed by atoms with E-state index >= 15 is 0 Å². The predicted octanol–water partition coefficient (Wildman–Crippen LogP) is 6.57. The maximum absolute atomic E-state index is 14.0. The number of dihydropyridines is 1. The van der Waals surface area contributed by atoms with Gasteiger partial charge in [-0.15, -0.1) is 0 Å². The van der Waals surface area contributed by atoms with Crippen molar-refractivity contribution in [2.24, 2.45) is 0 Å². The molecule has 0 bridgehead atoms. The monoisotopic (exact) mass is 536 g/mol. The first-order valence-corrected chi connectivity index (χ1v) is 13.8. The van der Waals surface area contributed by atoms with Gasteiger partial charge in [-0.1, -0.05) is 55.5 Å². The van der Waals surface area contributed by atoms with Crippen LogP contribution in [0.4, 0.5) is 5.69 Å². The fourth-order valence-electron chi connectivity index (χ4n) is 5.86. The zero-order valence-electron chi connectivity index (χ0n) is 23.8. The van der Waals surface area contributed by atoms with E-state index in [0.29, 0.717) is 35.5 Å². The normalized spacial score (nSPS) is 18.7. The largest absolute Gasteiger partial charge is 0.493 e. The number of amides is 1. The van der Waals surface area contributed by atoms with Gasteiger partial charge in [0.2, 0.25) is 0 Å². The van der Waals surface area contributed by atoms with E-state index in [1.54, 1.807) is 14.2 Å². The third-order valence-corrected chi connectivity index (χ3v) is 8.07. The topological polar surface area (TPSA) is 76.7 Å². The van der Waals surface area contributed by atoms with Crippen LogP contribution in [0.1, 0.15) is 60.8 Å². The first-order chi connectivity index (χ1) is 19.3. The summed E-state index contributed by atoms with van der Waals surface area (Å²) in [6.07, 6.45) is 1.93. The Morgan fingerprint density at radius 2 is 1.62 bits per heavy atom. The summed E-state index contributed by atoms with van der Waals surface area (Å²) in [4.78, 5) is 27.8. The van der Waals surface area contributed by atoms with E-state index in [-0.39, 0.29) is 17.6 Å². The van der Waals surface area contributed by atoms with E-state index in [9.17, 15) is 9.59 Å². The molecule has 206 valence electrons. The first kappa shape index (κ1) is 27.3. The molecule has 1 aliphatic heterocycles. The quantitative estimate of drug-likeness (QED) is 0.357. The van der Waals surface area contributed by atoms with Gasteiger partial charge in [-0.3, -0.25) is 9.59 Å². The molecule has 5 rings (SSSR count). The summed E-state index contributed by atoms with van der Waals surface area (Å²) in [6, 6.07) is 21.8. The Kier molecular flexibility index (Phi) is 7.78. The lowest BCUT2D eigenvalue weighted by Gasteiger charge is -2.37. The van der Waals surface area contributed by atoms with Crippen molar-refractivity contribution < 1.29 is 19.1 Å². The molecule has 2 aliphatic rings. The lowest BCUT2D eigenvalue weighted by molar-refractivity contribution is -0.116. The van der Waals surface area contributed by atoms with Gasteiger partial charge in [0, 0.05) is 40.6 Å². The predicted molar refractivity (Wildman–Crippen MR) is 158 cm³/mol. The van der Waals surface area contributed by atoms with E-state index in [1.807, 2.05) is 56.3 Å². The van der Waals surface area contributed by atoms with Crippen LogP contribution in [-0.2, 0) is 16.0 Å². The summed E-state index contributed by atoms with van der Waals surface area (Å²) >= 11 is 0. The highest BCUT2D eigenvalue weighted by atomic mass is 16.5. The highest BCUT2D eigenvalue weighted by molar-refractivity contribution is 6.10. The SMILES string of the molecule is CCc1ccc(C2C(C(=O)Nc3ccccc3C)=C(C)NC3=C2C(=O)CC(c2ccc(OC)c(OC)c2)C3)cc1. The number of carbonyl (C=O) groups excluding carboxylic acids is 2. The van der Waals surface area contributed by atoms with Gasteiger partial charge in [0.1, 0.15) is 0 Å². The minimum atomic E-state index is -0.454. The van der Waals surface area contributed by atoms with Crippen LogP contribution in [0.5, 0.6) is 11.5 Å². The van der Waals surface area contributed by atoms with Gasteiger partial charge >= 0.3 is 0 Å². The minimum absolute atomic E-state index is 0.0168. The number of anilines is 1. The summed E-state index contributed by atoms with van der Waals surface area (Å²) < 4.78 is 10.9. The number of allylic oxidation sites excluding steroid dienone is 3. The number of hydrogen-bond donors (Lipinski definition) is 2. The first-order valence-electron chi connectivity index (χ1n) is 13.8. The number of ketones is 1. The van der Waals surface area contributed by atoms with Crippen LogP contribution in [0, 0.1) is 6.92 Å². The Hall–Kier alpha value is -4.32. The number of nitrogens with one attached hydrogen (secondary N) is 2. The van der Waals surface area contributed by atoms with Crippen LogP contribution >= 0.6 is 0 Å². The molecular formula is C34H36N2O4. The molecule has 2 atom stereocenters. The van der Waals surface area contributed by atoms with Gasteiger partial charge in [-0.05, 0) is 73.1 Å². The second-order valence-electron chi connectivity index (χ2n) is 10.5. The van der Waals surface area contributed by atoms with E-state index in [0.717, 1.165) is 40.2 Å². The molecule has 40 heavy (non-hydrogen) atoms. The third kappa shape index (κ3) is 5.14. The molecule has 6 heteroatoms. The molecule has 2 N–H and O–H groups in total. The number of para-hydroxylation sites is 1. The molecule has 0 fully saturated rings. The van der Waals surface area contributed by atoms with Gasteiger partial charge in [0.25, 0.3) is 5.91 Å². The molecule has 2 unspecified atom stereocenters. The Balaban J connectivity index is 1.55. The fourth-order valence-corrected chi connectivity index (χ4v) is 5.86. The zero-order chi connectivity index (χ0) is 28.4. The smallest absolute Gasteiger partial charge is 0.254 e.